The molecule has 2 aromatic carbocycles. The molecule has 35 heavy (non-hydrogen) atoms. The number of aliphatic hydroxyl groups excluding tert-OH is 1. The molecule has 0 bridgehead atoms. The quantitative estimate of drug-likeness (QED) is 0.359. The largest absolute Gasteiger partial charge is 0.497 e. The Morgan fingerprint density at radius 2 is 1.80 bits per heavy atom. The molecule has 0 saturated carbocycles. The van der Waals surface area contributed by atoms with E-state index >= 15 is 0 Å². The lowest BCUT2D eigenvalue weighted by molar-refractivity contribution is -0.932. The number of benzene rings is 2. The molecule has 0 spiro atoms. The molecule has 0 unspecified atom stereocenters. The lowest BCUT2D eigenvalue weighted by atomic mass is 9.99. The van der Waals surface area contributed by atoms with Gasteiger partial charge < -0.3 is 24.5 Å². The van der Waals surface area contributed by atoms with Crippen molar-refractivity contribution in [3.05, 3.63) is 75.8 Å². The van der Waals surface area contributed by atoms with Gasteiger partial charge in [0.15, 0.2) is 6.04 Å². The van der Waals surface area contributed by atoms with Gasteiger partial charge in [-0.2, -0.15) is 0 Å². The Morgan fingerprint density at radius 1 is 1.09 bits per heavy atom. The van der Waals surface area contributed by atoms with E-state index in [-0.39, 0.29) is 11.7 Å². The molecule has 1 fully saturated rings. The Morgan fingerprint density at radius 3 is 2.51 bits per heavy atom. The van der Waals surface area contributed by atoms with Crippen molar-refractivity contribution in [2.75, 3.05) is 27.3 Å². The Bertz CT molecular complexity index is 1360. The van der Waals surface area contributed by atoms with Crippen LogP contribution in [0.4, 0.5) is 0 Å². The van der Waals surface area contributed by atoms with Crippen LogP contribution in [0.3, 0.4) is 0 Å². The van der Waals surface area contributed by atoms with Crippen molar-refractivity contribution in [1.82, 2.24) is 25.2 Å². The van der Waals surface area contributed by atoms with Crippen LogP contribution in [0.2, 0.25) is 0 Å². The molecule has 1 atom stereocenters. The van der Waals surface area contributed by atoms with E-state index in [4.69, 9.17) is 9.47 Å². The van der Waals surface area contributed by atoms with Gasteiger partial charge in [-0.05, 0) is 52.4 Å². The molecule has 182 valence electrons. The number of aromatic amines is 1. The summed E-state index contributed by atoms with van der Waals surface area (Å²) >= 11 is 0. The van der Waals surface area contributed by atoms with Gasteiger partial charge in [-0.25, -0.2) is 4.68 Å². The molecule has 3 heterocycles. The molecule has 2 aromatic heterocycles. The highest BCUT2D eigenvalue weighted by Gasteiger charge is 2.36. The number of rotatable bonds is 7. The van der Waals surface area contributed by atoms with Crippen LogP contribution in [0.1, 0.15) is 35.8 Å². The van der Waals surface area contributed by atoms with Gasteiger partial charge in [0.2, 0.25) is 5.82 Å². The predicted octanol–water partition coefficient (Wildman–Crippen LogP) is 0.709. The van der Waals surface area contributed by atoms with E-state index in [1.807, 2.05) is 48.5 Å². The zero-order valence-corrected chi connectivity index (χ0v) is 19.8. The van der Waals surface area contributed by atoms with Gasteiger partial charge in [0.25, 0.3) is 5.56 Å². The fourth-order valence-corrected chi connectivity index (χ4v) is 4.78. The number of fused-ring (bicyclic) bond motifs is 1. The van der Waals surface area contributed by atoms with Crippen LogP contribution < -0.4 is 19.9 Å². The van der Waals surface area contributed by atoms with Gasteiger partial charge in [-0.1, -0.05) is 12.1 Å². The minimum Gasteiger partial charge on any atom is -0.497 e. The zero-order chi connectivity index (χ0) is 24.4. The topological polar surface area (TPSA) is 120 Å². The number of hydrogen-bond donors (Lipinski definition) is 3. The summed E-state index contributed by atoms with van der Waals surface area (Å²) in [4.78, 5) is 17.5. The summed E-state index contributed by atoms with van der Waals surface area (Å²) < 4.78 is 12.4. The van der Waals surface area contributed by atoms with Crippen LogP contribution in [-0.4, -0.2) is 63.7 Å². The Balaban J connectivity index is 1.58. The number of aromatic nitrogens is 5. The average molecular weight is 478 g/mol. The fraction of sp³-hybridized carbons (Fsp3) is 0.360. The van der Waals surface area contributed by atoms with Crippen molar-refractivity contribution >= 4 is 10.9 Å². The maximum Gasteiger partial charge on any atom is 0.258 e. The Kier molecular flexibility index (Phi) is 6.47. The standard InChI is InChI=1S/C25H28N6O4/c1-34-19-5-3-16(4-6-19)15-31-24(27-28-29-31)23(30-11-9-18(32)10-12-30)21-14-17-13-20(35-2)7-8-22(17)26-25(21)33/h3-8,13-14,18,23,32H,9-12,15H2,1-2H3,(H,26,33)/p+1/t23-/m1/s1. The van der Waals surface area contributed by atoms with Gasteiger partial charge in [0.1, 0.15) is 11.5 Å². The van der Waals surface area contributed by atoms with Crippen LogP contribution in [0.15, 0.2) is 53.3 Å². The number of nitrogens with zero attached hydrogens (tertiary/aromatic N) is 4. The number of nitrogens with one attached hydrogen (secondary N) is 2. The first kappa shape index (κ1) is 23.0. The van der Waals surface area contributed by atoms with E-state index < -0.39 is 6.04 Å². The number of H-pyrrole nitrogens is 1. The molecule has 10 heteroatoms. The molecule has 0 radical (unpaired) electrons. The number of ether oxygens (including phenoxy) is 2. The third kappa shape index (κ3) is 4.75. The molecule has 5 rings (SSSR count). The molecule has 1 aliphatic heterocycles. The van der Waals surface area contributed by atoms with E-state index in [9.17, 15) is 9.90 Å². The van der Waals surface area contributed by atoms with E-state index in [1.165, 1.54) is 0 Å². The summed E-state index contributed by atoms with van der Waals surface area (Å²) in [6.07, 6.45) is 0.991. The van der Waals surface area contributed by atoms with E-state index in [0.717, 1.165) is 27.1 Å². The second kappa shape index (κ2) is 9.85. The summed E-state index contributed by atoms with van der Waals surface area (Å²) in [6.45, 7) is 1.87. The highest BCUT2D eigenvalue weighted by Crippen LogP contribution is 2.23. The first-order chi connectivity index (χ1) is 17.1. The number of aliphatic hydroxyl groups is 1. The van der Waals surface area contributed by atoms with E-state index in [2.05, 4.69) is 20.5 Å². The maximum absolute atomic E-state index is 13.3. The van der Waals surface area contributed by atoms with Crippen LogP contribution in [0, 0.1) is 0 Å². The first-order valence-electron chi connectivity index (χ1n) is 11.7. The number of methoxy groups -OCH3 is 2. The zero-order valence-electron chi connectivity index (χ0n) is 19.8. The second-order valence-corrected chi connectivity index (χ2v) is 8.87. The number of likely N-dealkylation sites (tertiary alicyclic amines) is 1. The average Bonchev–Trinajstić information content (AvgIpc) is 3.33. The molecule has 3 N–H and O–H groups in total. The lowest BCUT2D eigenvalue weighted by Crippen LogP contribution is -3.14. The van der Waals surface area contributed by atoms with E-state index in [0.29, 0.717) is 49.6 Å². The van der Waals surface area contributed by atoms with Gasteiger partial charge in [-0.3, -0.25) is 4.79 Å². The summed E-state index contributed by atoms with van der Waals surface area (Å²) in [6, 6.07) is 14.8. The normalized spacial score (nSPS) is 18.9. The third-order valence-corrected chi connectivity index (χ3v) is 6.71. The number of pyridine rings is 1. The van der Waals surface area contributed by atoms with Gasteiger partial charge in [0.05, 0.1) is 45.5 Å². The molecule has 4 aromatic rings. The van der Waals surface area contributed by atoms with Gasteiger partial charge in [0, 0.05) is 23.7 Å². The van der Waals surface area contributed by atoms with Crippen LogP contribution in [0.25, 0.3) is 10.9 Å². The lowest BCUT2D eigenvalue weighted by Gasteiger charge is -2.32. The first-order valence-corrected chi connectivity index (χ1v) is 11.7. The highest BCUT2D eigenvalue weighted by atomic mass is 16.5. The third-order valence-electron chi connectivity index (χ3n) is 6.71. The minimum atomic E-state index is -0.393. The molecule has 1 aliphatic rings. The minimum absolute atomic E-state index is 0.176. The van der Waals surface area contributed by atoms with E-state index in [1.54, 1.807) is 18.9 Å². The second-order valence-electron chi connectivity index (χ2n) is 8.87. The molecule has 0 amide bonds. The maximum atomic E-state index is 13.3. The molecule has 10 nitrogen and oxygen atoms in total. The number of piperidine rings is 1. The van der Waals surface area contributed by atoms with Crippen molar-refractivity contribution in [1.29, 1.82) is 0 Å². The Labute approximate surface area is 202 Å². The number of quaternary nitrogens is 1. The molecular weight excluding hydrogens is 448 g/mol. The number of tetrazole rings is 1. The van der Waals surface area contributed by atoms with Crippen molar-refractivity contribution < 1.29 is 19.5 Å². The molecule has 0 aliphatic carbocycles. The van der Waals surface area contributed by atoms with Crippen LogP contribution in [0.5, 0.6) is 11.5 Å². The summed E-state index contributed by atoms with van der Waals surface area (Å²) in [5, 5.41) is 23.6. The van der Waals surface area contributed by atoms with Crippen molar-refractivity contribution in [2.45, 2.75) is 31.5 Å². The molecular formula is C25H29N6O4+. The fourth-order valence-electron chi connectivity index (χ4n) is 4.78. The molecule has 1 saturated heterocycles. The highest BCUT2D eigenvalue weighted by molar-refractivity contribution is 5.80. The summed E-state index contributed by atoms with van der Waals surface area (Å²) in [7, 11) is 3.25. The van der Waals surface area contributed by atoms with Crippen molar-refractivity contribution in [3.8, 4) is 11.5 Å². The smallest absolute Gasteiger partial charge is 0.258 e. The van der Waals surface area contributed by atoms with Crippen LogP contribution >= 0.6 is 0 Å². The summed E-state index contributed by atoms with van der Waals surface area (Å²) in [5.74, 6) is 2.10. The van der Waals surface area contributed by atoms with Gasteiger partial charge >= 0.3 is 0 Å². The predicted molar refractivity (Wildman–Crippen MR) is 129 cm³/mol. The van der Waals surface area contributed by atoms with Gasteiger partial charge in [-0.15, -0.1) is 5.10 Å². The van der Waals surface area contributed by atoms with Crippen LogP contribution in [-0.2, 0) is 6.54 Å². The van der Waals surface area contributed by atoms with Crippen molar-refractivity contribution in [2.24, 2.45) is 0 Å². The summed E-state index contributed by atoms with van der Waals surface area (Å²) in [5.41, 5.74) is 2.16. The SMILES string of the molecule is COc1ccc(Cn2nnnc2[C@@H](c2cc3cc(OC)ccc3[nH]c2=O)[NH+]2CCC(O)CC2)cc1. The van der Waals surface area contributed by atoms with Crippen molar-refractivity contribution in [3.63, 3.8) is 0 Å². The monoisotopic (exact) mass is 477 g/mol. The Hall–Kier alpha value is -3.76. The number of hydrogen-bond acceptors (Lipinski definition) is 7.